The number of fused-ring (bicyclic) bond motifs is 2. The average Bonchev–Trinajstić information content (AvgIpc) is 3.30. The third-order valence-electron chi connectivity index (χ3n) is 5.16. The molecule has 0 saturated carbocycles. The number of anilines is 2. The first-order chi connectivity index (χ1) is 14.2. The van der Waals surface area contributed by atoms with Gasteiger partial charge in [-0.1, -0.05) is 30.3 Å². The molecule has 0 spiro atoms. The minimum Gasteiger partial charge on any atom is -0.394 e. The van der Waals surface area contributed by atoms with Crippen LogP contribution in [0.4, 0.5) is 11.5 Å². The van der Waals surface area contributed by atoms with Gasteiger partial charge in [0.2, 0.25) is 0 Å². The number of aliphatic hydroxyl groups is 3. The highest BCUT2D eigenvalue weighted by atomic mass is 16.6. The monoisotopic (exact) mass is 393 g/mol. The van der Waals surface area contributed by atoms with E-state index in [0.29, 0.717) is 17.0 Å². The van der Waals surface area contributed by atoms with Gasteiger partial charge in [0, 0.05) is 5.69 Å². The highest BCUT2D eigenvalue weighted by Crippen LogP contribution is 2.32. The van der Waals surface area contributed by atoms with Crippen LogP contribution in [0.3, 0.4) is 0 Å². The van der Waals surface area contributed by atoms with E-state index in [1.807, 2.05) is 42.5 Å². The second-order valence-corrected chi connectivity index (χ2v) is 6.96. The minimum atomic E-state index is -1.21. The van der Waals surface area contributed by atoms with E-state index >= 15 is 0 Å². The molecular formula is C20H19N5O4. The average molecular weight is 393 g/mol. The Bertz CT molecular complexity index is 1180. The van der Waals surface area contributed by atoms with Crippen LogP contribution < -0.4 is 5.32 Å². The van der Waals surface area contributed by atoms with E-state index in [4.69, 9.17) is 4.74 Å². The molecule has 1 saturated heterocycles. The van der Waals surface area contributed by atoms with Gasteiger partial charge in [-0.2, -0.15) is 0 Å². The molecule has 1 aliphatic heterocycles. The van der Waals surface area contributed by atoms with Gasteiger partial charge in [0.1, 0.15) is 24.6 Å². The molecule has 2 aromatic carbocycles. The number of benzene rings is 2. The number of ether oxygens (including phenoxy) is 1. The lowest BCUT2D eigenvalue weighted by molar-refractivity contribution is -0.0511. The zero-order valence-electron chi connectivity index (χ0n) is 15.3. The first kappa shape index (κ1) is 18.0. The van der Waals surface area contributed by atoms with E-state index < -0.39 is 31.1 Å². The Kier molecular flexibility index (Phi) is 4.36. The van der Waals surface area contributed by atoms with E-state index in [-0.39, 0.29) is 0 Å². The van der Waals surface area contributed by atoms with Crippen molar-refractivity contribution in [1.29, 1.82) is 0 Å². The van der Waals surface area contributed by atoms with Crippen LogP contribution in [0.5, 0.6) is 0 Å². The van der Waals surface area contributed by atoms with E-state index in [9.17, 15) is 15.3 Å². The zero-order chi connectivity index (χ0) is 20.0. The van der Waals surface area contributed by atoms with Crippen molar-refractivity contribution in [2.45, 2.75) is 24.5 Å². The molecule has 1 fully saturated rings. The molecule has 4 unspecified atom stereocenters. The van der Waals surface area contributed by atoms with Gasteiger partial charge in [0.15, 0.2) is 23.2 Å². The number of aromatic nitrogens is 4. The summed E-state index contributed by atoms with van der Waals surface area (Å²) in [6, 6.07) is 14.1. The lowest BCUT2D eigenvalue weighted by Gasteiger charge is -2.16. The van der Waals surface area contributed by atoms with E-state index in [1.165, 1.54) is 17.2 Å². The lowest BCUT2D eigenvalue weighted by Crippen LogP contribution is -2.33. The number of imidazole rings is 1. The summed E-state index contributed by atoms with van der Waals surface area (Å²) >= 11 is 0. The molecule has 9 heteroatoms. The molecule has 1 aliphatic rings. The number of aliphatic hydroxyl groups excluding tert-OH is 3. The largest absolute Gasteiger partial charge is 0.394 e. The summed E-state index contributed by atoms with van der Waals surface area (Å²) in [6.07, 6.45) is -1.31. The number of nitrogens with one attached hydrogen (secondary N) is 1. The van der Waals surface area contributed by atoms with Crippen LogP contribution in [0.15, 0.2) is 55.1 Å². The maximum absolute atomic E-state index is 10.3. The van der Waals surface area contributed by atoms with Crippen molar-refractivity contribution in [2.75, 3.05) is 11.9 Å². The number of nitrogens with zero attached hydrogens (tertiary/aromatic N) is 4. The molecule has 3 heterocycles. The highest BCUT2D eigenvalue weighted by molar-refractivity contribution is 5.89. The van der Waals surface area contributed by atoms with E-state index in [2.05, 4.69) is 20.3 Å². The second kappa shape index (κ2) is 7.05. The SMILES string of the molecule is OCC1OC(n2cnc3c(Nc4ccc5ccccc5c4)ncnc32)C(O)C1O. The summed E-state index contributed by atoms with van der Waals surface area (Å²) in [5, 5.41) is 35.1. The van der Waals surface area contributed by atoms with Crippen molar-refractivity contribution >= 4 is 33.4 Å². The van der Waals surface area contributed by atoms with E-state index in [0.717, 1.165) is 16.5 Å². The molecule has 2 aromatic heterocycles. The van der Waals surface area contributed by atoms with Crippen molar-refractivity contribution in [2.24, 2.45) is 0 Å². The molecule has 4 aromatic rings. The molecule has 0 amide bonds. The van der Waals surface area contributed by atoms with Crippen molar-refractivity contribution in [3.05, 3.63) is 55.1 Å². The van der Waals surface area contributed by atoms with Crippen LogP contribution in [0.25, 0.3) is 21.9 Å². The normalized spacial score (nSPS) is 24.4. The van der Waals surface area contributed by atoms with Gasteiger partial charge in [-0.3, -0.25) is 4.57 Å². The number of hydrogen-bond donors (Lipinski definition) is 4. The number of rotatable bonds is 4. The molecule has 4 atom stereocenters. The molecule has 0 radical (unpaired) electrons. The summed E-state index contributed by atoms with van der Waals surface area (Å²) in [5.74, 6) is 0.510. The molecule has 0 aliphatic carbocycles. The topological polar surface area (TPSA) is 126 Å². The lowest BCUT2D eigenvalue weighted by atomic mass is 10.1. The predicted octanol–water partition coefficient (Wildman–Crippen LogP) is 1.33. The van der Waals surface area contributed by atoms with Crippen molar-refractivity contribution in [3.8, 4) is 0 Å². The van der Waals surface area contributed by atoms with Crippen LogP contribution in [0.2, 0.25) is 0 Å². The fourth-order valence-corrected chi connectivity index (χ4v) is 3.64. The Labute approximate surface area is 165 Å². The quantitative estimate of drug-likeness (QED) is 0.409. The first-order valence-corrected chi connectivity index (χ1v) is 9.21. The maximum atomic E-state index is 10.3. The third-order valence-corrected chi connectivity index (χ3v) is 5.16. The van der Waals surface area contributed by atoms with Gasteiger partial charge >= 0.3 is 0 Å². The van der Waals surface area contributed by atoms with Crippen LogP contribution in [-0.4, -0.2) is 59.8 Å². The first-order valence-electron chi connectivity index (χ1n) is 9.21. The van der Waals surface area contributed by atoms with Crippen LogP contribution in [0.1, 0.15) is 6.23 Å². The summed E-state index contributed by atoms with van der Waals surface area (Å²) in [6.45, 7) is -0.398. The van der Waals surface area contributed by atoms with E-state index in [1.54, 1.807) is 0 Å². The Morgan fingerprint density at radius 1 is 1.00 bits per heavy atom. The fourth-order valence-electron chi connectivity index (χ4n) is 3.64. The minimum absolute atomic E-state index is 0.398. The molecule has 4 N–H and O–H groups in total. The summed E-state index contributed by atoms with van der Waals surface area (Å²) in [5.41, 5.74) is 1.79. The second-order valence-electron chi connectivity index (χ2n) is 6.96. The zero-order valence-corrected chi connectivity index (χ0v) is 15.3. The summed E-state index contributed by atoms with van der Waals surface area (Å²) in [4.78, 5) is 12.9. The van der Waals surface area contributed by atoms with Crippen molar-refractivity contribution < 1.29 is 20.1 Å². The summed E-state index contributed by atoms with van der Waals surface area (Å²) in [7, 11) is 0. The Hall–Kier alpha value is -3.11. The Morgan fingerprint density at radius 3 is 2.62 bits per heavy atom. The Balaban J connectivity index is 1.50. The van der Waals surface area contributed by atoms with Gasteiger partial charge in [-0.25, -0.2) is 15.0 Å². The van der Waals surface area contributed by atoms with Gasteiger partial charge in [-0.15, -0.1) is 0 Å². The standard InChI is InChI=1S/C20H19N5O4/c26-8-14-16(27)17(28)20(29-14)25-10-23-15-18(21-9-22-19(15)25)24-13-6-5-11-3-1-2-4-12(11)7-13/h1-7,9-10,14,16-17,20,26-28H,8H2,(H,21,22,24). The van der Waals surface area contributed by atoms with Crippen LogP contribution in [0, 0.1) is 0 Å². The van der Waals surface area contributed by atoms with Gasteiger partial charge in [0.25, 0.3) is 0 Å². The predicted molar refractivity (Wildman–Crippen MR) is 106 cm³/mol. The van der Waals surface area contributed by atoms with Gasteiger partial charge in [-0.05, 0) is 22.9 Å². The number of hydrogen-bond acceptors (Lipinski definition) is 8. The van der Waals surface area contributed by atoms with Crippen LogP contribution >= 0.6 is 0 Å². The molecule has 148 valence electrons. The smallest absolute Gasteiger partial charge is 0.167 e. The highest BCUT2D eigenvalue weighted by Gasteiger charge is 2.44. The molecule has 9 nitrogen and oxygen atoms in total. The molecule has 5 rings (SSSR count). The molecule has 0 bridgehead atoms. The Morgan fingerprint density at radius 2 is 1.83 bits per heavy atom. The summed E-state index contributed by atoms with van der Waals surface area (Å²) < 4.78 is 7.12. The van der Waals surface area contributed by atoms with Gasteiger partial charge in [0.05, 0.1) is 12.9 Å². The van der Waals surface area contributed by atoms with Crippen molar-refractivity contribution in [3.63, 3.8) is 0 Å². The molecule has 29 heavy (non-hydrogen) atoms. The van der Waals surface area contributed by atoms with Gasteiger partial charge < -0.3 is 25.4 Å². The third kappa shape index (κ3) is 3.00. The van der Waals surface area contributed by atoms with Crippen molar-refractivity contribution in [1.82, 2.24) is 19.5 Å². The van der Waals surface area contributed by atoms with Crippen LogP contribution in [-0.2, 0) is 4.74 Å². The molecular weight excluding hydrogens is 374 g/mol. The fraction of sp³-hybridized carbons (Fsp3) is 0.250. The maximum Gasteiger partial charge on any atom is 0.167 e.